The quantitative estimate of drug-likeness (QED) is 0.217. The van der Waals surface area contributed by atoms with Crippen LogP contribution in [0.15, 0.2) is 0 Å². The van der Waals surface area contributed by atoms with Gasteiger partial charge in [-0.25, -0.2) is 4.79 Å². The van der Waals surface area contributed by atoms with Crippen molar-refractivity contribution in [3.8, 4) is 0 Å². The van der Waals surface area contributed by atoms with Gasteiger partial charge in [-0.3, -0.25) is 9.35 Å². The summed E-state index contributed by atoms with van der Waals surface area (Å²) in [6.45, 7) is 2.55. The number of nitrogens with one attached hydrogen (secondary N) is 1. The molecule has 18 heavy (non-hydrogen) atoms. The van der Waals surface area contributed by atoms with Gasteiger partial charge in [-0.1, -0.05) is 0 Å². The van der Waals surface area contributed by atoms with Gasteiger partial charge in [0, 0.05) is 20.4 Å². The number of carbonyl (C=O) groups is 2. The van der Waals surface area contributed by atoms with Crippen LogP contribution in [-0.4, -0.2) is 73.2 Å². The monoisotopic (exact) mass is 293 g/mol. The minimum absolute atomic E-state index is 0. The SMILES string of the molecule is CC(=O)OC(C)OC(=O)NCCCS(=O)(=O)O.[NaH]. The third-order valence-corrected chi connectivity index (χ3v) is 2.26. The molecule has 2 N–H and O–H groups in total. The van der Waals surface area contributed by atoms with Crippen LogP contribution in [0.25, 0.3) is 0 Å². The number of hydrogen-bond donors (Lipinski definition) is 2. The maximum atomic E-state index is 11.0. The fourth-order valence-electron chi connectivity index (χ4n) is 0.895. The molecule has 10 heteroatoms. The average molecular weight is 293 g/mol. The van der Waals surface area contributed by atoms with Crippen molar-refractivity contribution in [1.82, 2.24) is 5.32 Å². The fourth-order valence-corrected chi connectivity index (χ4v) is 1.40. The third kappa shape index (κ3) is 13.7. The molecule has 0 fully saturated rings. The van der Waals surface area contributed by atoms with E-state index in [1.165, 1.54) is 13.8 Å². The molecule has 1 unspecified atom stereocenters. The third-order valence-electron chi connectivity index (χ3n) is 1.45. The van der Waals surface area contributed by atoms with E-state index in [0.717, 1.165) is 0 Å². The predicted octanol–water partition coefficient (Wildman–Crippen LogP) is -0.749. The van der Waals surface area contributed by atoms with Gasteiger partial charge in [0.15, 0.2) is 0 Å². The van der Waals surface area contributed by atoms with Crippen LogP contribution in [0.3, 0.4) is 0 Å². The number of amides is 1. The Hall–Kier alpha value is -0.350. The number of hydrogen-bond acceptors (Lipinski definition) is 6. The van der Waals surface area contributed by atoms with Gasteiger partial charge in [-0.15, -0.1) is 0 Å². The van der Waals surface area contributed by atoms with Gasteiger partial charge in [0.2, 0.25) is 6.29 Å². The molecule has 0 radical (unpaired) electrons. The molecule has 0 heterocycles. The molecular formula is C8H16NNaO7S. The summed E-state index contributed by atoms with van der Waals surface area (Å²) in [5, 5.41) is 2.23. The van der Waals surface area contributed by atoms with E-state index in [4.69, 9.17) is 4.55 Å². The van der Waals surface area contributed by atoms with Gasteiger partial charge in [-0.05, 0) is 6.42 Å². The van der Waals surface area contributed by atoms with E-state index < -0.39 is 34.2 Å². The predicted molar refractivity (Wildman–Crippen MR) is 63.9 cm³/mol. The van der Waals surface area contributed by atoms with Crippen LogP contribution in [0.4, 0.5) is 4.79 Å². The van der Waals surface area contributed by atoms with Crippen LogP contribution < -0.4 is 5.32 Å². The number of alkyl carbamates (subject to hydrolysis) is 1. The van der Waals surface area contributed by atoms with Crippen LogP contribution in [0.2, 0.25) is 0 Å². The first kappa shape index (κ1) is 20.0. The Morgan fingerprint density at radius 1 is 1.33 bits per heavy atom. The summed E-state index contributed by atoms with van der Waals surface area (Å²) in [4.78, 5) is 21.5. The molecule has 0 aliphatic carbocycles. The summed E-state index contributed by atoms with van der Waals surface area (Å²) in [6, 6.07) is 0. The van der Waals surface area contributed by atoms with E-state index in [-0.39, 0.29) is 42.5 Å². The van der Waals surface area contributed by atoms with E-state index in [1.54, 1.807) is 0 Å². The molecule has 0 spiro atoms. The van der Waals surface area contributed by atoms with Crippen molar-refractivity contribution in [1.29, 1.82) is 0 Å². The summed E-state index contributed by atoms with van der Waals surface area (Å²) < 4.78 is 38.2. The molecule has 0 aromatic rings. The van der Waals surface area contributed by atoms with E-state index in [2.05, 4.69) is 14.8 Å². The zero-order chi connectivity index (χ0) is 13.5. The van der Waals surface area contributed by atoms with Gasteiger partial charge in [0.25, 0.3) is 10.1 Å². The van der Waals surface area contributed by atoms with Gasteiger partial charge in [-0.2, -0.15) is 8.42 Å². The fraction of sp³-hybridized carbons (Fsp3) is 0.750. The summed E-state index contributed by atoms with van der Waals surface area (Å²) in [5.41, 5.74) is 0. The topological polar surface area (TPSA) is 119 Å². The first-order valence-electron chi connectivity index (χ1n) is 4.77. The normalized spacial score (nSPS) is 11.9. The Balaban J connectivity index is 0. The first-order valence-corrected chi connectivity index (χ1v) is 6.38. The Morgan fingerprint density at radius 3 is 2.33 bits per heavy atom. The van der Waals surface area contributed by atoms with Crippen molar-refractivity contribution in [2.45, 2.75) is 26.6 Å². The van der Waals surface area contributed by atoms with Crippen LogP contribution in [0.5, 0.6) is 0 Å². The zero-order valence-electron chi connectivity index (χ0n) is 9.50. The molecule has 1 atom stereocenters. The number of esters is 1. The Morgan fingerprint density at radius 2 is 1.89 bits per heavy atom. The summed E-state index contributed by atoms with van der Waals surface area (Å²) >= 11 is 0. The van der Waals surface area contributed by atoms with Crippen LogP contribution in [0.1, 0.15) is 20.3 Å². The van der Waals surface area contributed by atoms with Crippen LogP contribution >= 0.6 is 0 Å². The van der Waals surface area contributed by atoms with E-state index >= 15 is 0 Å². The van der Waals surface area contributed by atoms with Crippen molar-refractivity contribution >= 4 is 51.7 Å². The molecule has 8 nitrogen and oxygen atoms in total. The number of ether oxygens (including phenoxy) is 2. The molecule has 0 aromatic heterocycles. The summed E-state index contributed by atoms with van der Waals surface area (Å²) in [7, 11) is -4.02. The van der Waals surface area contributed by atoms with Crippen molar-refractivity contribution in [3.05, 3.63) is 0 Å². The Bertz CT molecular complexity index is 370. The molecule has 1 amide bonds. The molecule has 0 aliphatic heterocycles. The zero-order valence-corrected chi connectivity index (χ0v) is 10.3. The van der Waals surface area contributed by atoms with Gasteiger partial charge in [0.05, 0.1) is 5.75 Å². The van der Waals surface area contributed by atoms with Crippen molar-refractivity contribution < 1.29 is 32.0 Å². The molecule has 0 aliphatic rings. The van der Waals surface area contributed by atoms with Gasteiger partial charge < -0.3 is 14.8 Å². The number of rotatable bonds is 6. The molecule has 0 saturated carbocycles. The standard InChI is InChI=1S/C8H15NO7S.Na.H/c1-6(10)15-7(2)16-8(11)9-4-3-5-17(12,13)14;;/h7H,3-5H2,1-2H3,(H,9,11)(H,12,13,14);;. The maximum absolute atomic E-state index is 11.0. The minimum atomic E-state index is -4.02. The van der Waals surface area contributed by atoms with E-state index in [9.17, 15) is 18.0 Å². The van der Waals surface area contributed by atoms with Crippen molar-refractivity contribution in [2.24, 2.45) is 0 Å². The van der Waals surface area contributed by atoms with Gasteiger partial charge in [0.1, 0.15) is 0 Å². The van der Waals surface area contributed by atoms with Crippen LogP contribution in [-0.2, 0) is 24.4 Å². The molecule has 0 aromatic carbocycles. The molecule has 0 bridgehead atoms. The molecule has 0 rings (SSSR count). The second kappa shape index (κ2) is 9.56. The molecule has 102 valence electrons. The second-order valence-corrected chi connectivity index (χ2v) is 4.72. The average Bonchev–Trinajstić information content (AvgIpc) is 2.09. The number of carbonyl (C=O) groups excluding carboxylic acids is 2. The Labute approximate surface area is 127 Å². The second-order valence-electron chi connectivity index (χ2n) is 3.15. The molecular weight excluding hydrogens is 277 g/mol. The summed E-state index contributed by atoms with van der Waals surface area (Å²) in [6.07, 6.45) is -1.81. The Kier molecular flexibility index (Phi) is 10.6. The molecule has 0 saturated heterocycles. The first-order chi connectivity index (χ1) is 7.70. The van der Waals surface area contributed by atoms with Crippen molar-refractivity contribution in [3.63, 3.8) is 0 Å². The van der Waals surface area contributed by atoms with Crippen LogP contribution in [0, 0.1) is 0 Å². The van der Waals surface area contributed by atoms with Gasteiger partial charge >= 0.3 is 41.6 Å². The van der Waals surface area contributed by atoms with E-state index in [0.29, 0.717) is 0 Å². The van der Waals surface area contributed by atoms with Crippen molar-refractivity contribution in [2.75, 3.05) is 12.3 Å². The summed E-state index contributed by atoms with van der Waals surface area (Å²) in [5.74, 6) is -1.04. The van der Waals surface area contributed by atoms with E-state index in [1.807, 2.05) is 0 Å².